The van der Waals surface area contributed by atoms with E-state index in [-0.39, 0.29) is 12.0 Å². The Hall–Kier alpha value is -1.43. The molecule has 2 atom stereocenters. The fourth-order valence-electron chi connectivity index (χ4n) is 3.73. The fraction of sp³-hybridized carbons (Fsp3) is 0.611. The molecule has 3 rings (SSSR count). The molecule has 5 nitrogen and oxygen atoms in total. The van der Waals surface area contributed by atoms with Gasteiger partial charge in [0.2, 0.25) is 5.91 Å². The first-order valence-electron chi connectivity index (χ1n) is 8.76. The molecule has 1 aromatic carbocycles. The number of nitrogens with one attached hydrogen (secondary N) is 3. The smallest absolute Gasteiger partial charge is 0.229 e. The molecule has 2 aliphatic rings. The van der Waals surface area contributed by atoms with E-state index in [4.69, 9.17) is 0 Å². The third-order valence-corrected chi connectivity index (χ3v) is 5.19. The highest BCUT2D eigenvalue weighted by Gasteiger charge is 2.37. The average molecular weight is 316 g/mol. The van der Waals surface area contributed by atoms with E-state index in [0.29, 0.717) is 12.5 Å². The lowest BCUT2D eigenvalue weighted by Gasteiger charge is -2.34. The van der Waals surface area contributed by atoms with Crippen LogP contribution in [0.1, 0.15) is 30.9 Å². The SMILES string of the molecule is CNCCC1CCN(C(=O)C2CNNC2c2ccccc2)CC1. The zero-order valence-electron chi connectivity index (χ0n) is 13.9. The van der Waals surface area contributed by atoms with Gasteiger partial charge in [-0.05, 0) is 44.3 Å². The van der Waals surface area contributed by atoms with Crippen LogP contribution in [0.15, 0.2) is 30.3 Å². The number of piperidine rings is 1. The first-order chi connectivity index (χ1) is 11.3. The zero-order chi connectivity index (χ0) is 16.1. The molecule has 1 amide bonds. The van der Waals surface area contributed by atoms with E-state index in [1.165, 1.54) is 12.0 Å². The number of hydrogen-bond donors (Lipinski definition) is 3. The van der Waals surface area contributed by atoms with Gasteiger partial charge in [-0.2, -0.15) is 0 Å². The molecule has 0 saturated carbocycles. The van der Waals surface area contributed by atoms with Crippen molar-refractivity contribution in [3.63, 3.8) is 0 Å². The molecule has 1 aromatic rings. The predicted molar refractivity (Wildman–Crippen MR) is 91.7 cm³/mol. The van der Waals surface area contributed by atoms with E-state index >= 15 is 0 Å². The van der Waals surface area contributed by atoms with E-state index in [0.717, 1.165) is 38.4 Å². The number of carbonyl (C=O) groups is 1. The molecule has 0 bridgehead atoms. The van der Waals surface area contributed by atoms with Crippen molar-refractivity contribution in [2.45, 2.75) is 25.3 Å². The number of nitrogens with zero attached hydrogens (tertiary/aromatic N) is 1. The number of benzene rings is 1. The van der Waals surface area contributed by atoms with Gasteiger partial charge in [-0.15, -0.1) is 0 Å². The first-order valence-corrected chi connectivity index (χ1v) is 8.76. The number of likely N-dealkylation sites (tertiary alicyclic amines) is 1. The molecule has 2 aliphatic heterocycles. The molecule has 23 heavy (non-hydrogen) atoms. The number of rotatable bonds is 5. The van der Waals surface area contributed by atoms with Crippen molar-refractivity contribution >= 4 is 5.91 Å². The summed E-state index contributed by atoms with van der Waals surface area (Å²) in [4.78, 5) is 15.0. The van der Waals surface area contributed by atoms with Gasteiger partial charge >= 0.3 is 0 Å². The van der Waals surface area contributed by atoms with Crippen molar-refractivity contribution in [1.29, 1.82) is 0 Å². The summed E-state index contributed by atoms with van der Waals surface area (Å²) >= 11 is 0. The van der Waals surface area contributed by atoms with Crippen LogP contribution in [0, 0.1) is 11.8 Å². The van der Waals surface area contributed by atoms with Crippen LogP contribution in [0.5, 0.6) is 0 Å². The highest BCUT2D eigenvalue weighted by Crippen LogP contribution is 2.28. The maximum Gasteiger partial charge on any atom is 0.229 e. The molecular formula is C18H28N4O. The van der Waals surface area contributed by atoms with Crippen LogP contribution in [0.3, 0.4) is 0 Å². The van der Waals surface area contributed by atoms with Gasteiger partial charge in [-0.1, -0.05) is 30.3 Å². The van der Waals surface area contributed by atoms with Gasteiger partial charge in [-0.25, -0.2) is 5.43 Å². The van der Waals surface area contributed by atoms with Crippen LogP contribution < -0.4 is 16.2 Å². The third-order valence-electron chi connectivity index (χ3n) is 5.19. The summed E-state index contributed by atoms with van der Waals surface area (Å²) in [6.07, 6.45) is 3.49. The first kappa shape index (κ1) is 16.4. The van der Waals surface area contributed by atoms with Gasteiger partial charge in [0.1, 0.15) is 0 Å². The molecule has 126 valence electrons. The van der Waals surface area contributed by atoms with Crippen LogP contribution in [-0.2, 0) is 4.79 Å². The van der Waals surface area contributed by atoms with Crippen LogP contribution in [0.25, 0.3) is 0 Å². The van der Waals surface area contributed by atoms with E-state index < -0.39 is 0 Å². The number of amides is 1. The summed E-state index contributed by atoms with van der Waals surface area (Å²) < 4.78 is 0. The summed E-state index contributed by atoms with van der Waals surface area (Å²) in [6, 6.07) is 10.3. The van der Waals surface area contributed by atoms with E-state index in [1.807, 2.05) is 25.2 Å². The maximum atomic E-state index is 12.9. The molecule has 5 heteroatoms. The monoisotopic (exact) mass is 316 g/mol. The highest BCUT2D eigenvalue weighted by atomic mass is 16.2. The Morgan fingerprint density at radius 3 is 2.70 bits per heavy atom. The largest absolute Gasteiger partial charge is 0.342 e. The lowest BCUT2D eigenvalue weighted by Crippen LogP contribution is -2.44. The van der Waals surface area contributed by atoms with Crippen molar-refractivity contribution in [3.8, 4) is 0 Å². The van der Waals surface area contributed by atoms with E-state index in [1.54, 1.807) is 0 Å². The second-order valence-corrected chi connectivity index (χ2v) is 6.68. The quantitative estimate of drug-likeness (QED) is 0.766. The van der Waals surface area contributed by atoms with Crippen molar-refractivity contribution in [1.82, 2.24) is 21.1 Å². The molecule has 0 radical (unpaired) electrons. The third kappa shape index (κ3) is 3.91. The van der Waals surface area contributed by atoms with Crippen molar-refractivity contribution in [2.75, 3.05) is 33.2 Å². The van der Waals surface area contributed by atoms with Crippen LogP contribution >= 0.6 is 0 Å². The van der Waals surface area contributed by atoms with Gasteiger partial charge < -0.3 is 10.2 Å². The van der Waals surface area contributed by atoms with Gasteiger partial charge in [0, 0.05) is 19.6 Å². The second-order valence-electron chi connectivity index (χ2n) is 6.68. The number of hydrazine groups is 1. The van der Waals surface area contributed by atoms with Gasteiger partial charge in [0.25, 0.3) is 0 Å². The van der Waals surface area contributed by atoms with E-state index in [2.05, 4.69) is 33.2 Å². The summed E-state index contributed by atoms with van der Waals surface area (Å²) in [5, 5.41) is 3.22. The summed E-state index contributed by atoms with van der Waals surface area (Å²) in [6.45, 7) is 3.60. The maximum absolute atomic E-state index is 12.9. The minimum Gasteiger partial charge on any atom is -0.342 e. The molecule has 0 aliphatic carbocycles. The molecular weight excluding hydrogens is 288 g/mol. The molecule has 3 N–H and O–H groups in total. The molecule has 2 saturated heterocycles. The lowest BCUT2D eigenvalue weighted by molar-refractivity contribution is -0.136. The summed E-state index contributed by atoms with van der Waals surface area (Å²) in [5.41, 5.74) is 7.63. The van der Waals surface area contributed by atoms with Crippen LogP contribution in [0.2, 0.25) is 0 Å². The van der Waals surface area contributed by atoms with Crippen LogP contribution in [-0.4, -0.2) is 44.0 Å². The lowest BCUT2D eigenvalue weighted by atomic mass is 9.90. The fourth-order valence-corrected chi connectivity index (χ4v) is 3.73. The van der Waals surface area contributed by atoms with Gasteiger partial charge in [0.15, 0.2) is 0 Å². The molecule has 2 unspecified atom stereocenters. The Morgan fingerprint density at radius 1 is 1.26 bits per heavy atom. The van der Waals surface area contributed by atoms with Crippen LogP contribution in [0.4, 0.5) is 0 Å². The Balaban J connectivity index is 1.58. The average Bonchev–Trinajstić information content (AvgIpc) is 3.10. The topological polar surface area (TPSA) is 56.4 Å². The Bertz CT molecular complexity index is 499. The van der Waals surface area contributed by atoms with Crippen molar-refractivity contribution in [2.24, 2.45) is 11.8 Å². The number of hydrogen-bond acceptors (Lipinski definition) is 4. The number of carbonyl (C=O) groups excluding carboxylic acids is 1. The highest BCUT2D eigenvalue weighted by molar-refractivity contribution is 5.80. The summed E-state index contributed by atoms with van der Waals surface area (Å²) in [5.74, 6) is 1.05. The van der Waals surface area contributed by atoms with E-state index in [9.17, 15) is 4.79 Å². The predicted octanol–water partition coefficient (Wildman–Crippen LogP) is 1.30. The molecule has 2 fully saturated rings. The minimum atomic E-state index is -0.00809. The van der Waals surface area contributed by atoms with Crippen molar-refractivity contribution in [3.05, 3.63) is 35.9 Å². The summed E-state index contributed by atoms with van der Waals surface area (Å²) in [7, 11) is 2.00. The Labute approximate surface area is 138 Å². The Kier molecular flexibility index (Phi) is 5.65. The molecule has 0 spiro atoms. The van der Waals surface area contributed by atoms with Gasteiger partial charge in [-0.3, -0.25) is 10.2 Å². The van der Waals surface area contributed by atoms with Gasteiger partial charge in [0.05, 0.1) is 12.0 Å². The second kappa shape index (κ2) is 7.90. The van der Waals surface area contributed by atoms with Crippen molar-refractivity contribution < 1.29 is 4.79 Å². The molecule has 0 aromatic heterocycles. The minimum absolute atomic E-state index is 0.00809. The molecule has 2 heterocycles. The zero-order valence-corrected chi connectivity index (χ0v) is 13.9. The standard InChI is InChI=1S/C18H28N4O/c1-19-10-7-14-8-11-22(12-9-14)18(23)16-13-20-21-17(16)15-5-3-2-4-6-15/h2-6,14,16-17,19-21H,7-13H2,1H3. The Morgan fingerprint density at radius 2 is 2.00 bits per heavy atom. The normalized spacial score (nSPS) is 25.7.